The minimum atomic E-state index is -4.16. The summed E-state index contributed by atoms with van der Waals surface area (Å²) < 4.78 is 65.8. The molecule has 0 atom stereocenters. The molecular formula is C12H10F3N3O3S. The van der Waals surface area contributed by atoms with Crippen molar-refractivity contribution in [2.45, 2.75) is 11.3 Å². The van der Waals surface area contributed by atoms with E-state index in [9.17, 15) is 26.4 Å². The first-order chi connectivity index (χ1) is 10.2. The molecule has 0 saturated carbocycles. The van der Waals surface area contributed by atoms with Crippen molar-refractivity contribution in [3.8, 4) is 0 Å². The van der Waals surface area contributed by atoms with Crippen LogP contribution in [0.4, 0.5) is 13.2 Å². The fourth-order valence-electron chi connectivity index (χ4n) is 1.65. The quantitative estimate of drug-likeness (QED) is 0.843. The molecule has 0 aliphatic rings. The molecule has 6 nitrogen and oxygen atoms in total. The summed E-state index contributed by atoms with van der Waals surface area (Å²) in [5.41, 5.74) is -0.460. The zero-order chi connectivity index (χ0) is 16.5. The maximum Gasteiger partial charge on any atom is 0.267 e. The summed E-state index contributed by atoms with van der Waals surface area (Å²) in [5.74, 6) is -4.97. The molecule has 118 valence electrons. The number of carbonyl (C=O) groups excluding carboxylic acids is 1. The maximum atomic E-state index is 13.4. The van der Waals surface area contributed by atoms with Gasteiger partial charge >= 0.3 is 0 Å². The van der Waals surface area contributed by atoms with Crippen LogP contribution in [-0.2, 0) is 28.3 Å². The molecule has 1 heterocycles. The summed E-state index contributed by atoms with van der Waals surface area (Å²) in [6.45, 7) is 0. The first kappa shape index (κ1) is 16.0. The van der Waals surface area contributed by atoms with Crippen LogP contribution in [-0.4, -0.2) is 24.1 Å². The highest BCUT2D eigenvalue weighted by molar-refractivity contribution is 7.90. The van der Waals surface area contributed by atoms with Crippen LogP contribution < -0.4 is 4.72 Å². The van der Waals surface area contributed by atoms with Gasteiger partial charge in [-0.1, -0.05) is 0 Å². The number of nitrogens with zero attached hydrogens (tertiary/aromatic N) is 2. The van der Waals surface area contributed by atoms with Crippen LogP contribution in [0.15, 0.2) is 29.4 Å². The molecule has 0 aliphatic heterocycles. The average Bonchev–Trinajstić information content (AvgIpc) is 2.83. The third-order valence-electron chi connectivity index (χ3n) is 2.68. The van der Waals surface area contributed by atoms with Gasteiger partial charge in [-0.2, -0.15) is 5.10 Å². The van der Waals surface area contributed by atoms with Crippen molar-refractivity contribution in [1.82, 2.24) is 14.5 Å². The molecule has 0 spiro atoms. The van der Waals surface area contributed by atoms with Crippen LogP contribution in [0.25, 0.3) is 0 Å². The number of sulfonamides is 1. The van der Waals surface area contributed by atoms with E-state index in [1.807, 2.05) is 0 Å². The van der Waals surface area contributed by atoms with Gasteiger partial charge in [0.25, 0.3) is 10.0 Å². The maximum absolute atomic E-state index is 13.4. The third kappa shape index (κ3) is 3.45. The Hall–Kier alpha value is -2.36. The Kier molecular flexibility index (Phi) is 4.22. The largest absolute Gasteiger partial charge is 0.274 e. The number of hydrogen-bond donors (Lipinski definition) is 1. The summed E-state index contributed by atoms with van der Waals surface area (Å²) >= 11 is 0. The number of rotatable bonds is 4. The van der Waals surface area contributed by atoms with Crippen molar-refractivity contribution in [2.75, 3.05) is 0 Å². The molecule has 1 amide bonds. The summed E-state index contributed by atoms with van der Waals surface area (Å²) in [7, 11) is -2.68. The number of nitrogens with one attached hydrogen (secondary N) is 1. The Balaban J connectivity index is 2.15. The Bertz CT molecular complexity index is 833. The molecule has 2 aromatic rings. The van der Waals surface area contributed by atoms with Gasteiger partial charge in [0.2, 0.25) is 5.91 Å². The predicted octanol–water partition coefficient (Wildman–Crippen LogP) is 0.885. The number of hydrogen-bond acceptors (Lipinski definition) is 4. The molecule has 10 heteroatoms. The van der Waals surface area contributed by atoms with E-state index in [4.69, 9.17) is 0 Å². The molecule has 0 bridgehead atoms. The number of aromatic nitrogens is 2. The van der Waals surface area contributed by atoms with Crippen molar-refractivity contribution >= 4 is 15.9 Å². The zero-order valence-corrected chi connectivity index (χ0v) is 12.0. The molecule has 2 rings (SSSR count). The van der Waals surface area contributed by atoms with E-state index in [-0.39, 0.29) is 11.0 Å². The molecule has 22 heavy (non-hydrogen) atoms. The Morgan fingerprint density at radius 2 is 1.86 bits per heavy atom. The van der Waals surface area contributed by atoms with Gasteiger partial charge in [0.15, 0.2) is 11.6 Å². The van der Waals surface area contributed by atoms with Crippen molar-refractivity contribution in [2.24, 2.45) is 7.05 Å². The predicted molar refractivity (Wildman–Crippen MR) is 68.6 cm³/mol. The second kappa shape index (κ2) is 5.79. The lowest BCUT2D eigenvalue weighted by atomic mass is 10.1. The van der Waals surface area contributed by atoms with E-state index in [1.165, 1.54) is 11.7 Å². The highest BCUT2D eigenvalue weighted by atomic mass is 32.2. The molecule has 1 aromatic heterocycles. The standard InChI is InChI=1S/C12H10F3N3O3S/c1-18-6-8(5-16-18)22(20,21)17-12(19)3-7-2-10(14)11(15)4-9(7)13/h2,4-6H,3H2,1H3,(H,17,19). The lowest BCUT2D eigenvalue weighted by Gasteiger charge is -2.06. The Morgan fingerprint density at radius 3 is 2.45 bits per heavy atom. The molecule has 0 radical (unpaired) electrons. The minimum Gasteiger partial charge on any atom is -0.274 e. The van der Waals surface area contributed by atoms with E-state index >= 15 is 0 Å². The first-order valence-electron chi connectivity index (χ1n) is 5.87. The molecular weight excluding hydrogens is 323 g/mol. The van der Waals surface area contributed by atoms with Gasteiger partial charge in [-0.25, -0.2) is 26.3 Å². The fourth-order valence-corrected chi connectivity index (χ4v) is 2.62. The normalized spacial score (nSPS) is 11.5. The van der Waals surface area contributed by atoms with E-state index < -0.39 is 45.4 Å². The van der Waals surface area contributed by atoms with Gasteiger partial charge in [-0.05, 0) is 6.07 Å². The van der Waals surface area contributed by atoms with Gasteiger partial charge < -0.3 is 0 Å². The first-order valence-corrected chi connectivity index (χ1v) is 7.35. The van der Waals surface area contributed by atoms with Crippen LogP contribution in [0.5, 0.6) is 0 Å². The number of carbonyl (C=O) groups is 1. The van der Waals surface area contributed by atoms with Gasteiger partial charge in [0, 0.05) is 24.9 Å². The van der Waals surface area contributed by atoms with Crippen molar-refractivity contribution in [3.63, 3.8) is 0 Å². The lowest BCUT2D eigenvalue weighted by Crippen LogP contribution is -2.31. The summed E-state index contributed by atoms with van der Waals surface area (Å²) in [5, 5.41) is 3.64. The topological polar surface area (TPSA) is 81.1 Å². The fraction of sp³-hybridized carbons (Fsp3) is 0.167. The van der Waals surface area contributed by atoms with Gasteiger partial charge in [-0.15, -0.1) is 0 Å². The van der Waals surface area contributed by atoms with Gasteiger partial charge in [0.1, 0.15) is 10.7 Å². The lowest BCUT2D eigenvalue weighted by molar-refractivity contribution is -0.118. The SMILES string of the molecule is Cn1cc(S(=O)(=O)NC(=O)Cc2cc(F)c(F)cc2F)cn1. The molecule has 0 fully saturated rings. The average molecular weight is 333 g/mol. The number of benzene rings is 1. The summed E-state index contributed by atoms with van der Waals surface area (Å²) in [6, 6.07) is 0.786. The second-order valence-corrected chi connectivity index (χ2v) is 6.10. The van der Waals surface area contributed by atoms with Crippen LogP contribution >= 0.6 is 0 Å². The van der Waals surface area contributed by atoms with E-state index in [1.54, 1.807) is 4.72 Å². The Labute approximate surface area is 123 Å². The highest BCUT2D eigenvalue weighted by Crippen LogP contribution is 2.14. The Morgan fingerprint density at radius 1 is 1.23 bits per heavy atom. The van der Waals surface area contributed by atoms with Crippen molar-refractivity contribution in [1.29, 1.82) is 0 Å². The number of aryl methyl sites for hydroxylation is 1. The third-order valence-corrected chi connectivity index (χ3v) is 4.01. The van der Waals surface area contributed by atoms with Crippen LogP contribution in [0.1, 0.15) is 5.56 Å². The molecule has 1 N–H and O–H groups in total. The van der Waals surface area contributed by atoms with E-state index in [0.29, 0.717) is 6.07 Å². The zero-order valence-electron chi connectivity index (χ0n) is 11.2. The van der Waals surface area contributed by atoms with Crippen molar-refractivity contribution in [3.05, 3.63) is 47.5 Å². The monoisotopic (exact) mass is 333 g/mol. The molecule has 0 saturated heterocycles. The smallest absolute Gasteiger partial charge is 0.267 e. The summed E-state index contributed by atoms with van der Waals surface area (Å²) in [4.78, 5) is 11.4. The molecule has 1 aromatic carbocycles. The summed E-state index contributed by atoms with van der Waals surface area (Å²) in [6.07, 6.45) is 1.42. The number of halogens is 3. The van der Waals surface area contributed by atoms with Crippen LogP contribution in [0.3, 0.4) is 0 Å². The van der Waals surface area contributed by atoms with Gasteiger partial charge in [0.05, 0.1) is 12.6 Å². The molecule has 0 unspecified atom stereocenters. The minimum absolute atomic E-state index is 0.255. The highest BCUT2D eigenvalue weighted by Gasteiger charge is 2.21. The number of amides is 1. The van der Waals surface area contributed by atoms with Gasteiger partial charge in [-0.3, -0.25) is 9.48 Å². The van der Waals surface area contributed by atoms with Crippen LogP contribution in [0.2, 0.25) is 0 Å². The van der Waals surface area contributed by atoms with Crippen molar-refractivity contribution < 1.29 is 26.4 Å². The van der Waals surface area contributed by atoms with Crippen LogP contribution in [0, 0.1) is 17.5 Å². The second-order valence-electron chi connectivity index (χ2n) is 4.41. The van der Waals surface area contributed by atoms with E-state index in [2.05, 4.69) is 5.10 Å². The molecule has 0 aliphatic carbocycles. The van der Waals surface area contributed by atoms with E-state index in [0.717, 1.165) is 12.4 Å².